The zero-order valence-corrected chi connectivity index (χ0v) is 18.6. The van der Waals surface area contributed by atoms with E-state index in [4.69, 9.17) is 9.26 Å². The van der Waals surface area contributed by atoms with Gasteiger partial charge < -0.3 is 19.3 Å². The molecule has 2 aromatic rings. The zero-order chi connectivity index (χ0) is 21.1. The highest BCUT2D eigenvalue weighted by Gasteiger charge is 2.31. The zero-order valence-electron chi connectivity index (χ0n) is 16.8. The van der Waals surface area contributed by atoms with E-state index in [0.717, 1.165) is 6.04 Å². The number of rotatable bonds is 9. The van der Waals surface area contributed by atoms with E-state index < -0.39 is 31.4 Å². The van der Waals surface area contributed by atoms with Crippen LogP contribution in [-0.2, 0) is 14.8 Å². The molecule has 0 saturated carbocycles. The van der Waals surface area contributed by atoms with Gasteiger partial charge >= 0.3 is 7.12 Å². The van der Waals surface area contributed by atoms with Gasteiger partial charge in [-0.15, -0.1) is 0 Å². The lowest BCUT2D eigenvalue weighted by Gasteiger charge is -2.21. The van der Waals surface area contributed by atoms with Gasteiger partial charge in [0.25, 0.3) is 0 Å². The van der Waals surface area contributed by atoms with Gasteiger partial charge in [0.05, 0.1) is 10.6 Å². The fourth-order valence-electron chi connectivity index (χ4n) is 2.47. The first-order chi connectivity index (χ1) is 12.9. The topological polar surface area (TPSA) is 122 Å². The number of hydrogen-bond donors (Lipinski definition) is 3. The molecule has 28 heavy (non-hydrogen) atoms. The van der Waals surface area contributed by atoms with E-state index in [1.807, 2.05) is 0 Å². The molecule has 1 aromatic heterocycles. The van der Waals surface area contributed by atoms with Crippen LogP contribution in [0.1, 0.15) is 23.2 Å². The summed E-state index contributed by atoms with van der Waals surface area (Å²) in [5.41, 5.74) is 1.21. The van der Waals surface area contributed by atoms with Crippen LogP contribution in [0, 0.1) is 13.8 Å². The molecule has 0 aliphatic carbocycles. The summed E-state index contributed by atoms with van der Waals surface area (Å²) in [4.78, 5) is -0.238. The van der Waals surface area contributed by atoms with Crippen molar-refractivity contribution < 1.29 is 27.7 Å². The van der Waals surface area contributed by atoms with Gasteiger partial charge in [-0.1, -0.05) is 43.0 Å². The Kier molecular flexibility index (Phi) is 7.23. The van der Waals surface area contributed by atoms with E-state index in [-0.39, 0.29) is 16.1 Å². The third kappa shape index (κ3) is 5.75. The van der Waals surface area contributed by atoms with Crippen molar-refractivity contribution in [2.75, 3.05) is 6.61 Å². The molecule has 0 aliphatic heterocycles. The van der Waals surface area contributed by atoms with Crippen molar-refractivity contribution in [1.29, 1.82) is 0 Å². The second kappa shape index (κ2) is 8.89. The Labute approximate surface area is 167 Å². The molecule has 0 bridgehead atoms. The number of hydrogen-bond acceptors (Lipinski definition) is 7. The Balaban J connectivity index is 2.35. The molecule has 1 heterocycles. The van der Waals surface area contributed by atoms with Crippen LogP contribution in [0.25, 0.3) is 0 Å². The molecular formula is C17H27BN2O6SSi. The average Bonchev–Trinajstić information content (AvgIpc) is 2.92. The summed E-state index contributed by atoms with van der Waals surface area (Å²) in [6.07, 6.45) is -1.08. The summed E-state index contributed by atoms with van der Waals surface area (Å²) < 4.78 is 39.5. The molecule has 154 valence electrons. The molecule has 0 saturated heterocycles. The number of aromatic nitrogens is 1. The first-order valence-electron chi connectivity index (χ1n) is 8.94. The first kappa shape index (κ1) is 22.8. The van der Waals surface area contributed by atoms with Crippen molar-refractivity contribution in [3.63, 3.8) is 0 Å². The molecule has 1 atom stereocenters. The van der Waals surface area contributed by atoms with Gasteiger partial charge in [-0.3, -0.25) is 0 Å². The lowest BCUT2D eigenvalue weighted by molar-refractivity contribution is 0.0336. The molecule has 1 aromatic carbocycles. The van der Waals surface area contributed by atoms with E-state index in [0.29, 0.717) is 17.9 Å². The highest BCUT2D eigenvalue weighted by Crippen LogP contribution is 2.24. The van der Waals surface area contributed by atoms with Crippen molar-refractivity contribution in [2.24, 2.45) is 0 Å². The van der Waals surface area contributed by atoms with Crippen LogP contribution in [-0.4, -0.2) is 45.4 Å². The Hall–Kier alpha value is -1.50. The summed E-state index contributed by atoms with van der Waals surface area (Å²) in [6, 6.07) is 6.51. The van der Waals surface area contributed by atoms with Crippen molar-refractivity contribution in [2.45, 2.75) is 50.7 Å². The number of nitrogens with one attached hydrogen (secondary N) is 1. The maximum atomic E-state index is 13.0. The predicted molar refractivity (Wildman–Crippen MR) is 109 cm³/mol. The average molecular weight is 426 g/mol. The van der Waals surface area contributed by atoms with Crippen LogP contribution < -0.4 is 10.2 Å². The Morgan fingerprint density at radius 2 is 1.89 bits per heavy atom. The van der Waals surface area contributed by atoms with E-state index >= 15 is 0 Å². The highest BCUT2D eigenvalue weighted by atomic mass is 32.2. The largest absolute Gasteiger partial charge is 0.489 e. The van der Waals surface area contributed by atoms with Crippen LogP contribution >= 0.6 is 0 Å². The molecule has 2 rings (SSSR count). The maximum Gasteiger partial charge on any atom is 0.489 e. The van der Waals surface area contributed by atoms with Gasteiger partial charge in [0, 0.05) is 25.7 Å². The van der Waals surface area contributed by atoms with Gasteiger partial charge in [0.1, 0.15) is 0 Å². The molecule has 0 spiro atoms. The molecule has 11 heteroatoms. The van der Waals surface area contributed by atoms with Crippen molar-refractivity contribution in [3.05, 3.63) is 41.3 Å². The molecule has 0 radical (unpaired) electrons. The highest BCUT2D eigenvalue weighted by molar-refractivity contribution is 7.89. The van der Waals surface area contributed by atoms with Crippen LogP contribution in [0.4, 0.5) is 0 Å². The lowest BCUT2D eigenvalue weighted by atomic mass is 9.80. The van der Waals surface area contributed by atoms with Crippen molar-refractivity contribution in [1.82, 2.24) is 9.88 Å². The Morgan fingerprint density at radius 1 is 1.25 bits per heavy atom. The third-order valence-corrected chi connectivity index (χ3v) is 7.50. The standard InChI is InChI=1S/C17H27BN2O6SSi/c1-12-13(2)19-26-16(12)17(25-10-11-28(3,4)5)20-27(23,24)15-9-7-6-8-14(15)18(21)22/h6-9,17,20-22H,10-11H2,1-5H3. The second-order valence-electron chi connectivity index (χ2n) is 7.85. The number of aryl methyl sites for hydroxylation is 1. The summed E-state index contributed by atoms with van der Waals surface area (Å²) in [6.45, 7) is 10.5. The van der Waals surface area contributed by atoms with E-state index in [1.165, 1.54) is 24.3 Å². The maximum absolute atomic E-state index is 13.0. The fourth-order valence-corrected chi connectivity index (χ4v) is 4.52. The van der Waals surface area contributed by atoms with Crippen LogP contribution in [0.5, 0.6) is 0 Å². The van der Waals surface area contributed by atoms with Crippen LogP contribution in [0.2, 0.25) is 25.7 Å². The third-order valence-electron chi connectivity index (χ3n) is 4.32. The van der Waals surface area contributed by atoms with Gasteiger partial charge in [0.15, 0.2) is 12.0 Å². The van der Waals surface area contributed by atoms with Crippen molar-refractivity contribution >= 4 is 30.7 Å². The first-order valence-corrected chi connectivity index (χ1v) is 14.1. The van der Waals surface area contributed by atoms with E-state index in [1.54, 1.807) is 13.8 Å². The van der Waals surface area contributed by atoms with E-state index in [9.17, 15) is 18.5 Å². The van der Waals surface area contributed by atoms with Crippen molar-refractivity contribution in [3.8, 4) is 0 Å². The Morgan fingerprint density at radius 3 is 2.43 bits per heavy atom. The summed E-state index contributed by atoms with van der Waals surface area (Å²) in [5.74, 6) is 0.277. The molecule has 0 aliphatic rings. The predicted octanol–water partition coefficient (Wildman–Crippen LogP) is 1.30. The minimum atomic E-state index is -4.13. The summed E-state index contributed by atoms with van der Waals surface area (Å²) >= 11 is 0. The SMILES string of the molecule is Cc1noc(C(NS(=O)(=O)c2ccccc2B(O)O)OCC[Si](C)(C)C)c1C. The lowest BCUT2D eigenvalue weighted by Crippen LogP contribution is -2.39. The number of benzene rings is 1. The summed E-state index contributed by atoms with van der Waals surface area (Å²) in [5, 5.41) is 22.9. The summed E-state index contributed by atoms with van der Waals surface area (Å²) in [7, 11) is -7.45. The molecule has 3 N–H and O–H groups in total. The van der Waals surface area contributed by atoms with Gasteiger partial charge in [-0.25, -0.2) is 8.42 Å². The minimum Gasteiger partial charge on any atom is -0.423 e. The molecular weight excluding hydrogens is 399 g/mol. The monoisotopic (exact) mass is 426 g/mol. The smallest absolute Gasteiger partial charge is 0.423 e. The quantitative estimate of drug-likeness (QED) is 0.408. The number of sulfonamides is 1. The van der Waals surface area contributed by atoms with Gasteiger partial charge in [0.2, 0.25) is 10.0 Å². The normalized spacial score (nSPS) is 13.5. The van der Waals surface area contributed by atoms with E-state index in [2.05, 4.69) is 29.5 Å². The van der Waals surface area contributed by atoms with Gasteiger partial charge in [-0.05, 0) is 26.0 Å². The van der Waals surface area contributed by atoms with Gasteiger partial charge in [-0.2, -0.15) is 4.72 Å². The molecule has 0 amide bonds. The number of ether oxygens (including phenoxy) is 1. The van der Waals surface area contributed by atoms with Crippen LogP contribution in [0.3, 0.4) is 0 Å². The number of nitrogens with zero attached hydrogens (tertiary/aromatic N) is 1. The Bertz CT molecular complexity index is 911. The van der Waals surface area contributed by atoms with Crippen LogP contribution in [0.15, 0.2) is 33.7 Å². The fraction of sp³-hybridized carbons (Fsp3) is 0.471. The second-order valence-corrected chi connectivity index (χ2v) is 15.2. The molecule has 1 unspecified atom stereocenters. The molecule has 8 nitrogen and oxygen atoms in total. The minimum absolute atomic E-state index is 0.124. The molecule has 0 fully saturated rings.